The summed E-state index contributed by atoms with van der Waals surface area (Å²) in [4.78, 5) is 21.8. The SMILES string of the molecule is CC(O)c1cccc(NC(=O)NCC(N)=O)c1. The Morgan fingerprint density at radius 2 is 2.18 bits per heavy atom. The van der Waals surface area contributed by atoms with Crippen molar-refractivity contribution < 1.29 is 14.7 Å². The van der Waals surface area contributed by atoms with Crippen LogP contribution < -0.4 is 16.4 Å². The number of nitrogens with two attached hydrogens (primary N) is 1. The molecule has 0 heterocycles. The van der Waals surface area contributed by atoms with Crippen LogP contribution in [0.2, 0.25) is 0 Å². The first-order valence-corrected chi connectivity index (χ1v) is 5.10. The molecule has 6 heteroatoms. The van der Waals surface area contributed by atoms with Crippen molar-refractivity contribution in [1.29, 1.82) is 0 Å². The van der Waals surface area contributed by atoms with Crippen molar-refractivity contribution in [3.8, 4) is 0 Å². The number of primary amides is 1. The molecule has 0 saturated carbocycles. The van der Waals surface area contributed by atoms with E-state index in [-0.39, 0.29) is 6.54 Å². The van der Waals surface area contributed by atoms with E-state index in [0.717, 1.165) is 0 Å². The lowest BCUT2D eigenvalue weighted by Gasteiger charge is -2.09. The monoisotopic (exact) mass is 237 g/mol. The molecule has 1 aromatic rings. The minimum absolute atomic E-state index is 0.220. The van der Waals surface area contributed by atoms with Gasteiger partial charge in [0.15, 0.2) is 0 Å². The number of aliphatic hydroxyl groups excluding tert-OH is 1. The topological polar surface area (TPSA) is 104 Å². The van der Waals surface area contributed by atoms with Gasteiger partial charge in [0.2, 0.25) is 5.91 Å². The standard InChI is InChI=1S/C11H15N3O3/c1-7(15)8-3-2-4-9(5-8)14-11(17)13-6-10(12)16/h2-5,7,15H,6H2,1H3,(H2,12,16)(H2,13,14,17). The van der Waals surface area contributed by atoms with E-state index in [1.807, 2.05) is 0 Å². The Balaban J connectivity index is 2.59. The molecule has 0 aliphatic carbocycles. The van der Waals surface area contributed by atoms with Crippen molar-refractivity contribution in [3.05, 3.63) is 29.8 Å². The smallest absolute Gasteiger partial charge is 0.319 e. The lowest BCUT2D eigenvalue weighted by Crippen LogP contribution is -2.36. The molecule has 5 N–H and O–H groups in total. The molecule has 0 aliphatic heterocycles. The van der Waals surface area contributed by atoms with Crippen molar-refractivity contribution in [3.63, 3.8) is 0 Å². The fraction of sp³-hybridized carbons (Fsp3) is 0.273. The molecule has 92 valence electrons. The minimum atomic E-state index is -0.613. The Hall–Kier alpha value is -2.08. The van der Waals surface area contributed by atoms with Gasteiger partial charge in [-0.1, -0.05) is 12.1 Å². The Bertz CT molecular complexity index is 418. The summed E-state index contributed by atoms with van der Waals surface area (Å²) in [6, 6.07) is 6.26. The zero-order chi connectivity index (χ0) is 12.8. The number of carbonyl (C=O) groups excluding carboxylic acids is 2. The quantitative estimate of drug-likeness (QED) is 0.607. The Morgan fingerprint density at radius 3 is 2.76 bits per heavy atom. The number of amides is 3. The second-order valence-corrected chi connectivity index (χ2v) is 3.58. The van der Waals surface area contributed by atoms with Gasteiger partial charge in [0.05, 0.1) is 12.6 Å². The third-order valence-electron chi connectivity index (χ3n) is 2.05. The molecule has 1 rings (SSSR count). The number of urea groups is 1. The van der Waals surface area contributed by atoms with Crippen molar-refractivity contribution >= 4 is 17.6 Å². The van der Waals surface area contributed by atoms with E-state index in [1.165, 1.54) is 0 Å². The van der Waals surface area contributed by atoms with Crippen molar-refractivity contribution in [1.82, 2.24) is 5.32 Å². The number of aliphatic hydroxyl groups is 1. The van der Waals surface area contributed by atoms with Gasteiger partial charge in [-0.15, -0.1) is 0 Å². The summed E-state index contributed by atoms with van der Waals surface area (Å²) in [5.41, 5.74) is 6.11. The predicted octanol–water partition coefficient (Wildman–Crippen LogP) is 0.347. The zero-order valence-electron chi connectivity index (χ0n) is 9.43. The highest BCUT2D eigenvalue weighted by Crippen LogP contribution is 2.16. The van der Waals surface area contributed by atoms with Crippen LogP contribution in [-0.4, -0.2) is 23.6 Å². The van der Waals surface area contributed by atoms with Crippen LogP contribution in [0.3, 0.4) is 0 Å². The fourth-order valence-electron chi connectivity index (χ4n) is 1.22. The van der Waals surface area contributed by atoms with Crippen LogP contribution >= 0.6 is 0 Å². The number of anilines is 1. The summed E-state index contributed by atoms with van der Waals surface area (Å²) in [6.07, 6.45) is -0.606. The number of hydrogen-bond donors (Lipinski definition) is 4. The first kappa shape index (κ1) is 13.0. The number of rotatable bonds is 4. The maximum atomic E-state index is 11.3. The van der Waals surface area contributed by atoms with Crippen LogP contribution in [0, 0.1) is 0 Å². The van der Waals surface area contributed by atoms with E-state index >= 15 is 0 Å². The molecular weight excluding hydrogens is 222 g/mol. The van der Waals surface area contributed by atoms with Gasteiger partial charge < -0.3 is 21.5 Å². The summed E-state index contributed by atoms with van der Waals surface area (Å²) in [5.74, 6) is -0.613. The van der Waals surface area contributed by atoms with Crippen molar-refractivity contribution in [2.75, 3.05) is 11.9 Å². The van der Waals surface area contributed by atoms with Gasteiger partial charge in [-0.25, -0.2) is 4.79 Å². The first-order chi connectivity index (χ1) is 7.99. The van der Waals surface area contributed by atoms with Crippen LogP contribution in [0.4, 0.5) is 10.5 Å². The maximum Gasteiger partial charge on any atom is 0.319 e. The van der Waals surface area contributed by atoms with Crippen molar-refractivity contribution in [2.45, 2.75) is 13.0 Å². The Labute approximate surface area is 98.8 Å². The number of nitrogens with one attached hydrogen (secondary N) is 2. The molecule has 0 bridgehead atoms. The number of benzene rings is 1. The summed E-state index contributed by atoms with van der Waals surface area (Å²) >= 11 is 0. The van der Waals surface area contributed by atoms with E-state index < -0.39 is 18.0 Å². The molecule has 0 radical (unpaired) electrons. The van der Waals surface area contributed by atoms with Gasteiger partial charge in [-0.3, -0.25) is 4.79 Å². The Kier molecular flexibility index (Phi) is 4.47. The highest BCUT2D eigenvalue weighted by Gasteiger charge is 2.05. The average Bonchev–Trinajstić information content (AvgIpc) is 2.26. The molecular formula is C11H15N3O3. The average molecular weight is 237 g/mol. The van der Waals surface area contributed by atoms with Gasteiger partial charge in [0.25, 0.3) is 0 Å². The van der Waals surface area contributed by atoms with Crippen LogP contribution in [0.15, 0.2) is 24.3 Å². The van der Waals surface area contributed by atoms with Gasteiger partial charge in [-0.05, 0) is 24.6 Å². The number of carbonyl (C=O) groups is 2. The van der Waals surface area contributed by atoms with Crippen LogP contribution in [0.1, 0.15) is 18.6 Å². The van der Waals surface area contributed by atoms with Crippen molar-refractivity contribution in [2.24, 2.45) is 5.73 Å². The molecule has 1 aromatic carbocycles. The molecule has 0 saturated heterocycles. The second kappa shape index (κ2) is 5.86. The molecule has 3 amide bonds. The highest BCUT2D eigenvalue weighted by molar-refractivity contribution is 5.91. The zero-order valence-corrected chi connectivity index (χ0v) is 9.43. The first-order valence-electron chi connectivity index (χ1n) is 5.10. The minimum Gasteiger partial charge on any atom is -0.389 e. The van der Waals surface area contributed by atoms with Gasteiger partial charge in [0.1, 0.15) is 0 Å². The lowest BCUT2D eigenvalue weighted by atomic mass is 10.1. The normalized spacial score (nSPS) is 11.6. The third kappa shape index (κ3) is 4.52. The molecule has 0 fully saturated rings. The van der Waals surface area contributed by atoms with Crippen LogP contribution in [-0.2, 0) is 4.79 Å². The highest BCUT2D eigenvalue weighted by atomic mass is 16.3. The molecule has 1 unspecified atom stereocenters. The van der Waals surface area contributed by atoms with E-state index in [1.54, 1.807) is 31.2 Å². The summed E-state index contributed by atoms with van der Waals surface area (Å²) in [5, 5.41) is 14.2. The van der Waals surface area contributed by atoms with E-state index in [2.05, 4.69) is 10.6 Å². The van der Waals surface area contributed by atoms with Gasteiger partial charge >= 0.3 is 6.03 Å². The lowest BCUT2D eigenvalue weighted by molar-refractivity contribution is -0.117. The summed E-state index contributed by atoms with van der Waals surface area (Å²) < 4.78 is 0. The molecule has 0 aliphatic rings. The largest absolute Gasteiger partial charge is 0.389 e. The van der Waals surface area contributed by atoms with Gasteiger partial charge in [-0.2, -0.15) is 0 Å². The molecule has 17 heavy (non-hydrogen) atoms. The summed E-state index contributed by atoms with van der Waals surface area (Å²) in [6.45, 7) is 1.41. The van der Waals surface area contributed by atoms with E-state index in [4.69, 9.17) is 5.73 Å². The maximum absolute atomic E-state index is 11.3. The predicted molar refractivity (Wildman–Crippen MR) is 63.3 cm³/mol. The third-order valence-corrected chi connectivity index (χ3v) is 2.05. The molecule has 1 atom stereocenters. The van der Waals surface area contributed by atoms with Crippen LogP contribution in [0.5, 0.6) is 0 Å². The van der Waals surface area contributed by atoms with Gasteiger partial charge in [0, 0.05) is 5.69 Å². The molecule has 6 nitrogen and oxygen atoms in total. The Morgan fingerprint density at radius 1 is 1.47 bits per heavy atom. The van der Waals surface area contributed by atoms with E-state index in [9.17, 15) is 14.7 Å². The van der Waals surface area contributed by atoms with E-state index in [0.29, 0.717) is 11.3 Å². The number of hydrogen-bond acceptors (Lipinski definition) is 3. The fourth-order valence-corrected chi connectivity index (χ4v) is 1.22. The van der Waals surface area contributed by atoms with Crippen LogP contribution in [0.25, 0.3) is 0 Å². The summed E-state index contributed by atoms with van der Waals surface area (Å²) in [7, 11) is 0. The molecule has 0 spiro atoms. The second-order valence-electron chi connectivity index (χ2n) is 3.58. The molecule has 0 aromatic heterocycles.